The fourth-order valence-electron chi connectivity index (χ4n) is 1.73. The molecule has 2 aromatic heterocycles. The van der Waals surface area contributed by atoms with Gasteiger partial charge in [-0.05, 0) is 0 Å². The quantitative estimate of drug-likeness (QED) is 0.778. The highest BCUT2D eigenvalue weighted by molar-refractivity contribution is 5.76. The summed E-state index contributed by atoms with van der Waals surface area (Å²) in [7, 11) is 0. The van der Waals surface area contributed by atoms with Crippen LogP contribution in [0.15, 0.2) is 9.32 Å². The highest BCUT2D eigenvalue weighted by Crippen LogP contribution is 2.27. The fraction of sp³-hybridized carbons (Fsp3) is 0.615. The van der Waals surface area contributed by atoms with Crippen LogP contribution in [0, 0.1) is 0 Å². The summed E-state index contributed by atoms with van der Waals surface area (Å²) in [5, 5.41) is 4.37. The van der Waals surface area contributed by atoms with E-state index in [-0.39, 0.29) is 16.4 Å². The largest absolute Gasteiger partial charge is 0.358 e. The molecular formula is C13H19N3O2. The Kier molecular flexibility index (Phi) is 2.61. The first-order valence-corrected chi connectivity index (χ1v) is 6.01. The van der Waals surface area contributed by atoms with E-state index in [4.69, 9.17) is 4.52 Å². The van der Waals surface area contributed by atoms with Crippen molar-refractivity contribution in [3.63, 3.8) is 0 Å². The van der Waals surface area contributed by atoms with Crippen LogP contribution in [0.25, 0.3) is 11.0 Å². The van der Waals surface area contributed by atoms with E-state index in [0.717, 1.165) is 0 Å². The monoisotopic (exact) mass is 249 g/mol. The molecule has 0 spiro atoms. The van der Waals surface area contributed by atoms with Gasteiger partial charge in [0, 0.05) is 10.8 Å². The molecule has 1 N–H and O–H groups in total. The van der Waals surface area contributed by atoms with Crippen molar-refractivity contribution in [2.24, 2.45) is 0 Å². The minimum Gasteiger partial charge on any atom is -0.358 e. The van der Waals surface area contributed by atoms with Gasteiger partial charge >= 0.3 is 0 Å². The van der Waals surface area contributed by atoms with E-state index in [1.54, 1.807) is 0 Å². The lowest BCUT2D eigenvalue weighted by molar-refractivity contribution is 0.335. The Labute approximate surface area is 106 Å². The maximum absolute atomic E-state index is 12.2. The van der Waals surface area contributed by atoms with Crippen LogP contribution in [0.1, 0.15) is 53.1 Å². The zero-order valence-corrected chi connectivity index (χ0v) is 11.7. The Balaban J connectivity index is 2.77. The van der Waals surface area contributed by atoms with E-state index < -0.39 is 0 Å². The Morgan fingerprint density at radius 3 is 2.17 bits per heavy atom. The lowest BCUT2D eigenvalue weighted by atomic mass is 9.91. The average molecular weight is 249 g/mol. The lowest BCUT2D eigenvalue weighted by Crippen LogP contribution is -2.23. The van der Waals surface area contributed by atoms with Gasteiger partial charge in [-0.2, -0.15) is 0 Å². The highest BCUT2D eigenvalue weighted by Gasteiger charge is 2.27. The number of aromatic nitrogens is 3. The molecule has 0 aromatic carbocycles. The first-order valence-electron chi connectivity index (χ1n) is 6.01. The number of hydrogen-bond donors (Lipinski definition) is 1. The van der Waals surface area contributed by atoms with E-state index >= 15 is 0 Å². The number of H-pyrrole nitrogens is 1. The molecule has 0 unspecified atom stereocenters. The maximum Gasteiger partial charge on any atom is 0.264 e. The zero-order chi connectivity index (χ0) is 13.7. The number of rotatable bonds is 0. The predicted octanol–water partition coefficient (Wildman–Crippen LogP) is 2.51. The van der Waals surface area contributed by atoms with E-state index in [1.165, 1.54) is 0 Å². The van der Waals surface area contributed by atoms with Crippen molar-refractivity contribution in [2.75, 3.05) is 0 Å². The minimum absolute atomic E-state index is 0.184. The second-order valence-corrected chi connectivity index (χ2v) is 6.62. The van der Waals surface area contributed by atoms with Gasteiger partial charge in [-0.1, -0.05) is 46.7 Å². The summed E-state index contributed by atoms with van der Waals surface area (Å²) >= 11 is 0. The fourth-order valence-corrected chi connectivity index (χ4v) is 1.73. The van der Waals surface area contributed by atoms with E-state index in [2.05, 4.69) is 15.1 Å². The highest BCUT2D eigenvalue weighted by atomic mass is 16.5. The molecule has 0 atom stereocenters. The summed E-state index contributed by atoms with van der Waals surface area (Å²) in [6, 6.07) is 0. The van der Waals surface area contributed by atoms with Gasteiger partial charge in [0.25, 0.3) is 5.56 Å². The van der Waals surface area contributed by atoms with Crippen LogP contribution in [0.3, 0.4) is 0 Å². The van der Waals surface area contributed by atoms with Gasteiger partial charge in [-0.15, -0.1) is 0 Å². The molecule has 0 radical (unpaired) electrons. The average Bonchev–Trinajstić information content (AvgIpc) is 2.59. The van der Waals surface area contributed by atoms with Crippen LogP contribution in [-0.2, 0) is 10.8 Å². The lowest BCUT2D eigenvalue weighted by Gasteiger charge is -2.17. The number of nitrogens with zero attached hydrogens (tertiary/aromatic N) is 2. The Morgan fingerprint density at radius 2 is 1.67 bits per heavy atom. The van der Waals surface area contributed by atoms with Crippen molar-refractivity contribution in [3.8, 4) is 0 Å². The third-order valence-corrected chi connectivity index (χ3v) is 2.74. The summed E-state index contributed by atoms with van der Waals surface area (Å²) in [6.07, 6.45) is 0. The molecule has 0 fully saturated rings. The Hall–Kier alpha value is -1.65. The van der Waals surface area contributed by atoms with Gasteiger partial charge in [0.2, 0.25) is 5.65 Å². The first-order chi connectivity index (χ1) is 8.10. The zero-order valence-electron chi connectivity index (χ0n) is 11.7. The molecule has 0 saturated carbocycles. The molecule has 0 aliphatic rings. The van der Waals surface area contributed by atoms with Crippen LogP contribution in [-0.4, -0.2) is 15.1 Å². The second kappa shape index (κ2) is 3.67. The number of aromatic amines is 1. The number of nitrogens with one attached hydrogen (secondary N) is 1. The van der Waals surface area contributed by atoms with E-state index in [1.807, 2.05) is 41.5 Å². The van der Waals surface area contributed by atoms with Crippen LogP contribution < -0.4 is 5.56 Å². The molecule has 2 aromatic rings. The normalized spacial score (nSPS) is 13.2. The smallest absolute Gasteiger partial charge is 0.264 e. The van der Waals surface area contributed by atoms with Crippen molar-refractivity contribution in [3.05, 3.63) is 21.9 Å². The van der Waals surface area contributed by atoms with Crippen LogP contribution in [0.4, 0.5) is 0 Å². The molecule has 5 heteroatoms. The molecular weight excluding hydrogens is 230 g/mol. The summed E-state index contributed by atoms with van der Waals surface area (Å²) in [6.45, 7) is 11.9. The Bertz CT molecular complexity index is 639. The van der Waals surface area contributed by atoms with Gasteiger partial charge < -0.3 is 9.51 Å². The maximum atomic E-state index is 12.2. The standard InChI is InChI=1S/C13H19N3O2/c1-12(2,3)8-7-9(16-18-8)14-11(13(4,5)6)15-10(7)17/h1-6H3,(H,14,15,16,17). The third-order valence-electron chi connectivity index (χ3n) is 2.74. The molecule has 0 bridgehead atoms. The molecule has 2 rings (SSSR count). The SMILES string of the molecule is CC(C)(C)c1nc2noc(C(C)(C)C)c2c(=O)[nH]1. The molecule has 0 aliphatic heterocycles. The topological polar surface area (TPSA) is 71.8 Å². The van der Waals surface area contributed by atoms with Crippen molar-refractivity contribution < 1.29 is 4.52 Å². The molecule has 5 nitrogen and oxygen atoms in total. The van der Waals surface area contributed by atoms with Crippen LogP contribution in [0.5, 0.6) is 0 Å². The van der Waals surface area contributed by atoms with Gasteiger partial charge in [-0.3, -0.25) is 4.79 Å². The molecule has 0 amide bonds. The van der Waals surface area contributed by atoms with E-state index in [9.17, 15) is 4.79 Å². The van der Waals surface area contributed by atoms with Crippen molar-refractivity contribution in [1.82, 2.24) is 15.1 Å². The van der Waals surface area contributed by atoms with Crippen molar-refractivity contribution in [1.29, 1.82) is 0 Å². The van der Waals surface area contributed by atoms with Gasteiger partial charge in [0.1, 0.15) is 11.2 Å². The first kappa shape index (κ1) is 12.8. The Morgan fingerprint density at radius 1 is 1.06 bits per heavy atom. The molecule has 2 heterocycles. The molecule has 18 heavy (non-hydrogen) atoms. The van der Waals surface area contributed by atoms with Crippen molar-refractivity contribution in [2.45, 2.75) is 52.4 Å². The van der Waals surface area contributed by atoms with Gasteiger partial charge in [0.05, 0.1) is 0 Å². The summed E-state index contributed by atoms with van der Waals surface area (Å²) in [5.41, 5.74) is -0.300. The minimum atomic E-state index is -0.271. The molecule has 98 valence electrons. The molecule has 0 aliphatic carbocycles. The number of fused-ring (bicyclic) bond motifs is 1. The summed E-state index contributed by atoms with van der Waals surface area (Å²) in [4.78, 5) is 19.4. The predicted molar refractivity (Wildman–Crippen MR) is 69.8 cm³/mol. The summed E-state index contributed by atoms with van der Waals surface area (Å²) in [5.74, 6) is 1.19. The van der Waals surface area contributed by atoms with Gasteiger partial charge in [0.15, 0.2) is 5.76 Å². The second-order valence-electron chi connectivity index (χ2n) is 6.62. The van der Waals surface area contributed by atoms with Crippen LogP contribution in [0.2, 0.25) is 0 Å². The third kappa shape index (κ3) is 2.05. The van der Waals surface area contributed by atoms with Gasteiger partial charge in [-0.25, -0.2) is 4.98 Å². The van der Waals surface area contributed by atoms with Crippen molar-refractivity contribution >= 4 is 11.0 Å². The molecule has 0 saturated heterocycles. The van der Waals surface area contributed by atoms with Crippen LogP contribution >= 0.6 is 0 Å². The number of hydrogen-bond acceptors (Lipinski definition) is 4. The van der Waals surface area contributed by atoms with E-state index in [0.29, 0.717) is 22.6 Å². The summed E-state index contributed by atoms with van der Waals surface area (Å²) < 4.78 is 5.30.